The summed E-state index contributed by atoms with van der Waals surface area (Å²) in [6, 6.07) is 0. The zero-order valence-corrected chi connectivity index (χ0v) is 7.29. The molecule has 0 atom stereocenters. The second-order valence-electron chi connectivity index (χ2n) is 2.39. The summed E-state index contributed by atoms with van der Waals surface area (Å²) in [7, 11) is -3.86. The van der Waals surface area contributed by atoms with Gasteiger partial charge in [-0.05, 0) is 13.3 Å². The first-order valence-corrected chi connectivity index (χ1v) is 5.06. The summed E-state index contributed by atoms with van der Waals surface area (Å²) >= 11 is 0. The molecule has 0 saturated carbocycles. The average Bonchev–Trinajstić information content (AvgIpc) is 1.85. The summed E-state index contributed by atoms with van der Waals surface area (Å²) < 4.78 is 10.3. The van der Waals surface area contributed by atoms with Crippen molar-refractivity contribution in [1.82, 2.24) is 0 Å². The van der Waals surface area contributed by atoms with Crippen LogP contribution in [0.3, 0.4) is 0 Å². The van der Waals surface area contributed by atoms with Gasteiger partial charge in [0.2, 0.25) is 0 Å². The van der Waals surface area contributed by atoms with Gasteiger partial charge in [0, 0.05) is 0 Å². The van der Waals surface area contributed by atoms with E-state index in [9.17, 15) is 4.57 Å². The van der Waals surface area contributed by atoms with Crippen molar-refractivity contribution in [3.8, 4) is 0 Å². The van der Waals surface area contributed by atoms with Crippen LogP contribution in [0.5, 0.6) is 0 Å². The summed E-state index contributed by atoms with van der Waals surface area (Å²) in [6.07, 6.45) is 1.79. The van der Waals surface area contributed by atoms with Gasteiger partial charge < -0.3 is 14.9 Å². The Morgan fingerprint density at radius 2 is 2.09 bits per heavy atom. The first kappa shape index (κ1) is 10.8. The molecular weight excluding hydrogens is 167 g/mol. The normalized spacial score (nSPS) is 13.6. The highest BCUT2D eigenvalue weighted by molar-refractivity contribution is 7.51. The fourth-order valence-corrected chi connectivity index (χ4v) is 1.01. The Hall–Kier alpha value is -0.150. The van der Waals surface area contributed by atoms with Crippen LogP contribution in [0.2, 0.25) is 0 Å². The molecule has 0 aromatic rings. The van der Waals surface area contributed by atoms with Gasteiger partial charge in [-0.3, -0.25) is 4.57 Å². The summed E-state index contributed by atoms with van der Waals surface area (Å²) in [5.41, 5.74) is 0.735. The van der Waals surface area contributed by atoms with E-state index in [0.717, 1.165) is 5.57 Å². The van der Waals surface area contributed by atoms with Crippen molar-refractivity contribution in [3.63, 3.8) is 0 Å². The monoisotopic (exact) mass is 180 g/mol. The van der Waals surface area contributed by atoms with Crippen LogP contribution in [0.4, 0.5) is 0 Å². The van der Waals surface area contributed by atoms with Crippen molar-refractivity contribution in [3.05, 3.63) is 11.6 Å². The van der Waals surface area contributed by atoms with Crippen LogP contribution >= 0.6 is 7.60 Å². The lowest BCUT2D eigenvalue weighted by Gasteiger charge is -2.00. The molecule has 0 heterocycles. The van der Waals surface area contributed by atoms with Gasteiger partial charge >= 0.3 is 7.60 Å². The predicted molar refractivity (Wildman–Crippen MR) is 42.4 cm³/mol. The highest BCUT2D eigenvalue weighted by Gasteiger charge is 2.09. The Balaban J connectivity index is 3.66. The maximum Gasteiger partial charge on any atom is 0.325 e. The maximum atomic E-state index is 10.3. The summed E-state index contributed by atoms with van der Waals surface area (Å²) in [5.74, 6) is 0. The van der Waals surface area contributed by atoms with Gasteiger partial charge in [-0.25, -0.2) is 0 Å². The van der Waals surface area contributed by atoms with Crippen LogP contribution in [0.1, 0.15) is 13.3 Å². The molecule has 0 aromatic heterocycles. The molecule has 0 fully saturated rings. The molecule has 0 amide bonds. The van der Waals surface area contributed by atoms with Crippen LogP contribution < -0.4 is 0 Å². The minimum absolute atomic E-state index is 0.0544. The van der Waals surface area contributed by atoms with E-state index in [0.29, 0.717) is 6.42 Å². The Kier molecular flexibility index (Phi) is 4.61. The fraction of sp³-hybridized carbons (Fsp3) is 0.667. The third kappa shape index (κ3) is 7.75. The molecule has 0 unspecified atom stereocenters. The third-order valence-corrected chi connectivity index (χ3v) is 2.00. The molecule has 0 bridgehead atoms. The van der Waals surface area contributed by atoms with Crippen LogP contribution in [0.25, 0.3) is 0 Å². The van der Waals surface area contributed by atoms with Crippen molar-refractivity contribution in [2.75, 3.05) is 12.8 Å². The van der Waals surface area contributed by atoms with Gasteiger partial charge in [0.05, 0.1) is 12.8 Å². The van der Waals surface area contributed by atoms with Gasteiger partial charge in [0.25, 0.3) is 0 Å². The Morgan fingerprint density at radius 1 is 1.55 bits per heavy atom. The molecule has 4 nitrogen and oxygen atoms in total. The van der Waals surface area contributed by atoms with Crippen molar-refractivity contribution >= 4 is 7.60 Å². The average molecular weight is 180 g/mol. The molecular formula is C6H13O4P. The van der Waals surface area contributed by atoms with Gasteiger partial charge in [0.15, 0.2) is 0 Å². The predicted octanol–water partition coefficient (Wildman–Crippen LogP) is 0.493. The standard InChI is InChI=1S/C6H13O4P/c1-6(5-7)3-2-4-11(8,9)10/h3,7H,2,4-5H2,1H3,(H2,8,9,10)/b6-3-. The number of hydrogen-bond donors (Lipinski definition) is 3. The van der Waals surface area contributed by atoms with Crippen molar-refractivity contribution in [2.24, 2.45) is 0 Å². The molecule has 66 valence electrons. The van der Waals surface area contributed by atoms with Crippen LogP contribution in [-0.2, 0) is 4.57 Å². The van der Waals surface area contributed by atoms with Crippen molar-refractivity contribution < 1.29 is 19.5 Å². The highest BCUT2D eigenvalue weighted by Crippen LogP contribution is 2.34. The maximum absolute atomic E-state index is 10.3. The van der Waals surface area contributed by atoms with E-state index in [2.05, 4.69) is 0 Å². The van der Waals surface area contributed by atoms with E-state index in [1.807, 2.05) is 0 Å². The smallest absolute Gasteiger partial charge is 0.325 e. The number of aliphatic hydroxyl groups excluding tert-OH is 1. The fourth-order valence-electron chi connectivity index (χ4n) is 0.544. The molecule has 3 N–H and O–H groups in total. The topological polar surface area (TPSA) is 77.8 Å². The van der Waals surface area contributed by atoms with Gasteiger partial charge in [0.1, 0.15) is 0 Å². The molecule has 0 aliphatic rings. The van der Waals surface area contributed by atoms with E-state index in [1.54, 1.807) is 13.0 Å². The molecule has 0 spiro atoms. The first-order valence-electron chi connectivity index (χ1n) is 3.27. The van der Waals surface area contributed by atoms with Gasteiger partial charge in [-0.2, -0.15) is 0 Å². The van der Waals surface area contributed by atoms with Crippen LogP contribution in [-0.4, -0.2) is 27.7 Å². The summed E-state index contributed by atoms with van der Waals surface area (Å²) in [5, 5.41) is 8.50. The van der Waals surface area contributed by atoms with Crippen molar-refractivity contribution in [1.29, 1.82) is 0 Å². The van der Waals surface area contributed by atoms with Gasteiger partial charge in [-0.15, -0.1) is 0 Å². The first-order chi connectivity index (χ1) is 4.95. The number of hydrogen-bond acceptors (Lipinski definition) is 2. The number of rotatable bonds is 4. The van der Waals surface area contributed by atoms with E-state index in [1.165, 1.54) is 0 Å². The quantitative estimate of drug-likeness (QED) is 0.434. The lowest BCUT2D eigenvalue weighted by molar-refractivity contribution is 0.330. The molecule has 0 aliphatic heterocycles. The van der Waals surface area contributed by atoms with E-state index >= 15 is 0 Å². The van der Waals surface area contributed by atoms with Crippen LogP contribution in [0, 0.1) is 0 Å². The third-order valence-electron chi connectivity index (χ3n) is 1.16. The van der Waals surface area contributed by atoms with Crippen molar-refractivity contribution in [2.45, 2.75) is 13.3 Å². The zero-order chi connectivity index (χ0) is 8.91. The molecule has 0 radical (unpaired) electrons. The molecule has 5 heteroatoms. The molecule has 11 heavy (non-hydrogen) atoms. The van der Waals surface area contributed by atoms with Crippen LogP contribution in [0.15, 0.2) is 11.6 Å². The number of aliphatic hydroxyl groups is 1. The van der Waals surface area contributed by atoms with Gasteiger partial charge in [-0.1, -0.05) is 11.6 Å². The zero-order valence-electron chi connectivity index (χ0n) is 6.40. The second kappa shape index (κ2) is 4.67. The molecule has 0 aliphatic carbocycles. The Morgan fingerprint density at radius 3 is 2.45 bits per heavy atom. The minimum Gasteiger partial charge on any atom is -0.392 e. The SMILES string of the molecule is C/C(=C/CCP(=O)(O)O)CO. The van der Waals surface area contributed by atoms with E-state index in [4.69, 9.17) is 14.9 Å². The lowest BCUT2D eigenvalue weighted by atomic mass is 10.3. The second-order valence-corrected chi connectivity index (χ2v) is 4.16. The minimum atomic E-state index is -3.86. The number of allylic oxidation sites excluding steroid dienone is 1. The summed E-state index contributed by atoms with van der Waals surface area (Å²) in [6.45, 7) is 1.65. The lowest BCUT2D eigenvalue weighted by Crippen LogP contribution is -1.88. The molecule has 0 saturated heterocycles. The molecule has 0 aromatic carbocycles. The molecule has 0 rings (SSSR count). The largest absolute Gasteiger partial charge is 0.392 e. The highest BCUT2D eigenvalue weighted by atomic mass is 31.2. The Bertz CT molecular complexity index is 181. The Labute approximate surface area is 65.7 Å². The summed E-state index contributed by atoms with van der Waals surface area (Å²) in [4.78, 5) is 16.8. The van der Waals surface area contributed by atoms with E-state index in [-0.39, 0.29) is 12.8 Å². The van der Waals surface area contributed by atoms with E-state index < -0.39 is 7.60 Å².